The van der Waals surface area contributed by atoms with Gasteiger partial charge < -0.3 is 20.1 Å². The monoisotopic (exact) mass is 378 g/mol. The van der Waals surface area contributed by atoms with Crippen molar-refractivity contribution in [2.75, 3.05) is 0 Å². The van der Waals surface area contributed by atoms with Gasteiger partial charge in [0.15, 0.2) is 0 Å². The minimum Gasteiger partial charge on any atom is -0.507 e. The van der Waals surface area contributed by atoms with E-state index in [1.54, 1.807) is 19.1 Å². The van der Waals surface area contributed by atoms with Crippen LogP contribution in [0.3, 0.4) is 0 Å². The lowest BCUT2D eigenvalue weighted by molar-refractivity contribution is 0.0697. The highest BCUT2D eigenvalue weighted by Crippen LogP contribution is 2.35. The van der Waals surface area contributed by atoms with Crippen LogP contribution in [0.5, 0.6) is 11.5 Å². The molecule has 0 aliphatic carbocycles. The first-order valence-electron chi connectivity index (χ1n) is 8.98. The lowest BCUT2D eigenvalue weighted by Gasteiger charge is -2.16. The largest absolute Gasteiger partial charge is 0.507 e. The number of phenols is 1. The highest BCUT2D eigenvalue weighted by atomic mass is 16.5. The van der Waals surface area contributed by atoms with Crippen LogP contribution in [-0.2, 0) is 13.0 Å². The summed E-state index contributed by atoms with van der Waals surface area (Å²) in [6.07, 6.45) is -0.262. The molecule has 5 heteroatoms. The molecule has 0 saturated heterocycles. The van der Waals surface area contributed by atoms with E-state index in [1.165, 1.54) is 18.2 Å². The summed E-state index contributed by atoms with van der Waals surface area (Å²) < 4.78 is 5.86. The molecule has 0 bridgehead atoms. The van der Waals surface area contributed by atoms with E-state index in [9.17, 15) is 20.1 Å². The SMILES string of the molecule is CC(O)Cc1cc(OCc2ccccc2)ccc1-c1cc(C(=O)O)ccc1O. The first-order valence-corrected chi connectivity index (χ1v) is 8.98. The molecule has 3 aromatic carbocycles. The van der Waals surface area contributed by atoms with Crippen LogP contribution in [0.1, 0.15) is 28.4 Å². The summed E-state index contributed by atoms with van der Waals surface area (Å²) in [5.41, 5.74) is 2.95. The summed E-state index contributed by atoms with van der Waals surface area (Å²) >= 11 is 0. The van der Waals surface area contributed by atoms with E-state index in [-0.39, 0.29) is 11.3 Å². The predicted molar refractivity (Wildman–Crippen MR) is 107 cm³/mol. The van der Waals surface area contributed by atoms with Crippen LogP contribution in [0, 0.1) is 0 Å². The Hall–Kier alpha value is -3.31. The van der Waals surface area contributed by atoms with Gasteiger partial charge in [-0.3, -0.25) is 0 Å². The van der Waals surface area contributed by atoms with Crippen LogP contribution in [0.25, 0.3) is 11.1 Å². The molecular weight excluding hydrogens is 356 g/mol. The van der Waals surface area contributed by atoms with Crippen molar-refractivity contribution in [2.45, 2.75) is 26.1 Å². The number of hydrogen-bond donors (Lipinski definition) is 3. The zero-order valence-electron chi connectivity index (χ0n) is 15.5. The Morgan fingerprint density at radius 2 is 1.75 bits per heavy atom. The van der Waals surface area contributed by atoms with Gasteiger partial charge >= 0.3 is 5.97 Å². The first kappa shape index (κ1) is 19.5. The van der Waals surface area contributed by atoms with Crippen molar-refractivity contribution in [1.82, 2.24) is 0 Å². The standard InChI is InChI=1S/C23H22O5/c1-15(24)11-18-12-19(28-14-16-5-3-2-4-6-16)8-9-20(18)21-13-17(23(26)27)7-10-22(21)25/h2-10,12-13,15,24-25H,11,14H2,1H3,(H,26,27). The molecule has 144 valence electrons. The van der Waals surface area contributed by atoms with Gasteiger partial charge in [0, 0.05) is 5.56 Å². The van der Waals surface area contributed by atoms with E-state index in [0.717, 1.165) is 11.1 Å². The molecule has 1 unspecified atom stereocenters. The van der Waals surface area contributed by atoms with Crippen LogP contribution in [-0.4, -0.2) is 27.4 Å². The van der Waals surface area contributed by atoms with Crippen LogP contribution >= 0.6 is 0 Å². The topological polar surface area (TPSA) is 87.0 Å². The number of rotatable bonds is 7. The smallest absolute Gasteiger partial charge is 0.335 e. The Morgan fingerprint density at radius 1 is 1.00 bits per heavy atom. The first-order chi connectivity index (χ1) is 13.4. The third kappa shape index (κ3) is 4.69. The number of aliphatic hydroxyl groups excluding tert-OH is 1. The molecule has 0 fully saturated rings. The summed E-state index contributed by atoms with van der Waals surface area (Å²) in [6, 6.07) is 19.3. The van der Waals surface area contributed by atoms with E-state index in [4.69, 9.17) is 4.74 Å². The molecule has 0 aliphatic heterocycles. The van der Waals surface area contributed by atoms with Crippen LogP contribution in [0.4, 0.5) is 0 Å². The molecule has 0 radical (unpaired) electrons. The lowest BCUT2D eigenvalue weighted by atomic mass is 9.94. The van der Waals surface area contributed by atoms with Crippen LogP contribution < -0.4 is 4.74 Å². The maximum absolute atomic E-state index is 11.3. The Bertz CT molecular complexity index is 964. The maximum atomic E-state index is 11.3. The van der Waals surface area contributed by atoms with Crippen molar-refractivity contribution in [3.63, 3.8) is 0 Å². The van der Waals surface area contributed by atoms with Crippen molar-refractivity contribution in [3.8, 4) is 22.6 Å². The van der Waals surface area contributed by atoms with Gasteiger partial charge in [0.2, 0.25) is 0 Å². The number of aromatic hydroxyl groups is 1. The van der Waals surface area contributed by atoms with E-state index in [2.05, 4.69) is 0 Å². The van der Waals surface area contributed by atoms with Crippen LogP contribution in [0.2, 0.25) is 0 Å². The normalized spacial score (nSPS) is 11.8. The molecule has 1 atom stereocenters. The van der Waals surface area contributed by atoms with Gasteiger partial charge in [-0.25, -0.2) is 4.79 Å². The summed E-state index contributed by atoms with van der Waals surface area (Å²) in [5.74, 6) is -0.451. The second kappa shape index (κ2) is 8.59. The second-order valence-electron chi connectivity index (χ2n) is 6.68. The number of aromatic carboxylic acids is 1. The molecular formula is C23H22O5. The average molecular weight is 378 g/mol. The number of phenolic OH excluding ortho intramolecular Hbond substituents is 1. The highest BCUT2D eigenvalue weighted by Gasteiger charge is 2.15. The molecule has 0 heterocycles. The molecule has 0 aliphatic rings. The van der Waals surface area contributed by atoms with Gasteiger partial charge in [0.25, 0.3) is 0 Å². The van der Waals surface area contributed by atoms with Gasteiger partial charge in [0.1, 0.15) is 18.1 Å². The quantitative estimate of drug-likeness (QED) is 0.572. The molecule has 0 spiro atoms. The predicted octanol–water partition coefficient (Wildman–Crippen LogP) is 4.26. The number of aliphatic hydroxyl groups is 1. The zero-order valence-corrected chi connectivity index (χ0v) is 15.5. The van der Waals surface area contributed by atoms with E-state index >= 15 is 0 Å². The third-order valence-electron chi connectivity index (χ3n) is 4.37. The summed E-state index contributed by atoms with van der Waals surface area (Å²) in [6.45, 7) is 2.09. The number of carboxylic acid groups (broad SMARTS) is 1. The van der Waals surface area contributed by atoms with Gasteiger partial charge in [-0.05, 0) is 60.4 Å². The minimum atomic E-state index is -1.07. The van der Waals surface area contributed by atoms with Crippen molar-refractivity contribution >= 4 is 5.97 Å². The number of carboxylic acids is 1. The van der Waals surface area contributed by atoms with Crippen molar-refractivity contribution in [1.29, 1.82) is 0 Å². The minimum absolute atomic E-state index is 0.0187. The summed E-state index contributed by atoms with van der Waals surface area (Å²) in [5, 5.41) is 29.4. The lowest BCUT2D eigenvalue weighted by Crippen LogP contribution is -2.06. The van der Waals surface area contributed by atoms with Crippen molar-refractivity contribution in [3.05, 3.63) is 83.4 Å². The maximum Gasteiger partial charge on any atom is 0.335 e. The van der Waals surface area contributed by atoms with Gasteiger partial charge in [0.05, 0.1) is 11.7 Å². The number of benzene rings is 3. The van der Waals surface area contributed by atoms with Gasteiger partial charge in [-0.15, -0.1) is 0 Å². The average Bonchev–Trinajstić information content (AvgIpc) is 2.67. The van der Waals surface area contributed by atoms with Gasteiger partial charge in [-0.1, -0.05) is 36.4 Å². The summed E-state index contributed by atoms with van der Waals surface area (Å²) in [4.78, 5) is 11.3. The molecule has 3 N–H and O–H groups in total. The Kier molecular flexibility index (Phi) is 5.96. The number of ether oxygens (including phenoxy) is 1. The molecule has 0 saturated carbocycles. The molecule has 28 heavy (non-hydrogen) atoms. The highest BCUT2D eigenvalue weighted by molar-refractivity contribution is 5.90. The fourth-order valence-electron chi connectivity index (χ4n) is 3.04. The third-order valence-corrected chi connectivity index (χ3v) is 4.37. The van der Waals surface area contributed by atoms with Gasteiger partial charge in [-0.2, -0.15) is 0 Å². The number of carbonyl (C=O) groups is 1. The fourth-order valence-corrected chi connectivity index (χ4v) is 3.04. The van der Waals surface area contributed by atoms with Crippen LogP contribution in [0.15, 0.2) is 66.7 Å². The van der Waals surface area contributed by atoms with E-state index in [0.29, 0.717) is 29.9 Å². The molecule has 3 rings (SSSR count). The molecule has 3 aromatic rings. The molecule has 0 amide bonds. The Morgan fingerprint density at radius 3 is 2.43 bits per heavy atom. The Labute approximate surface area is 163 Å². The van der Waals surface area contributed by atoms with Crippen molar-refractivity contribution < 1.29 is 24.9 Å². The molecule has 5 nitrogen and oxygen atoms in total. The van der Waals surface area contributed by atoms with Crippen molar-refractivity contribution in [2.24, 2.45) is 0 Å². The fraction of sp³-hybridized carbons (Fsp3) is 0.174. The Balaban J connectivity index is 1.95. The number of hydrogen-bond acceptors (Lipinski definition) is 4. The second-order valence-corrected chi connectivity index (χ2v) is 6.68. The zero-order chi connectivity index (χ0) is 20.1. The summed E-state index contributed by atoms with van der Waals surface area (Å²) in [7, 11) is 0. The van der Waals surface area contributed by atoms with E-state index < -0.39 is 12.1 Å². The molecule has 0 aromatic heterocycles. The van der Waals surface area contributed by atoms with E-state index in [1.807, 2.05) is 36.4 Å².